The van der Waals surface area contributed by atoms with Gasteiger partial charge in [-0.25, -0.2) is 9.18 Å². The monoisotopic (exact) mass is 337 g/mol. The molecule has 2 N–H and O–H groups in total. The van der Waals surface area contributed by atoms with Crippen LogP contribution in [-0.4, -0.2) is 5.97 Å². The van der Waals surface area contributed by atoms with Crippen molar-refractivity contribution < 1.29 is 13.9 Å². The smallest absolute Gasteiger partial charge is 0.338 e. The molecule has 5 heteroatoms. The van der Waals surface area contributed by atoms with Gasteiger partial charge in [-0.05, 0) is 42.8 Å². The van der Waals surface area contributed by atoms with E-state index in [2.05, 4.69) is 15.9 Å². The van der Waals surface area contributed by atoms with Gasteiger partial charge in [0.05, 0.1) is 5.56 Å². The molecule has 0 aliphatic rings. The molecule has 0 spiro atoms. The van der Waals surface area contributed by atoms with Gasteiger partial charge in [-0.2, -0.15) is 0 Å². The molecule has 0 radical (unpaired) electrons. The number of nitrogen functional groups attached to an aromatic ring is 1. The minimum absolute atomic E-state index is 0.110. The summed E-state index contributed by atoms with van der Waals surface area (Å²) < 4.78 is 19.3. The number of nitrogens with two attached hydrogens (primary N) is 1. The number of hydrogen-bond donors (Lipinski definition) is 1. The van der Waals surface area contributed by atoms with E-state index in [0.717, 1.165) is 5.56 Å². The van der Waals surface area contributed by atoms with E-state index >= 15 is 0 Å². The maximum absolute atomic E-state index is 13.6. The predicted molar refractivity (Wildman–Crippen MR) is 78.8 cm³/mol. The fourth-order valence-corrected chi connectivity index (χ4v) is 2.00. The zero-order chi connectivity index (χ0) is 14.7. The van der Waals surface area contributed by atoms with Gasteiger partial charge >= 0.3 is 5.97 Å². The summed E-state index contributed by atoms with van der Waals surface area (Å²) in [6.07, 6.45) is 0. The molecule has 104 valence electrons. The number of aryl methyl sites for hydroxylation is 1. The molecule has 0 saturated carbocycles. The van der Waals surface area contributed by atoms with Gasteiger partial charge < -0.3 is 10.5 Å². The van der Waals surface area contributed by atoms with Gasteiger partial charge in [0.1, 0.15) is 12.4 Å². The van der Waals surface area contributed by atoms with Crippen LogP contribution in [-0.2, 0) is 11.3 Å². The lowest BCUT2D eigenvalue weighted by atomic mass is 10.1. The molecule has 0 bridgehead atoms. The Morgan fingerprint density at radius 3 is 2.70 bits per heavy atom. The summed E-state index contributed by atoms with van der Waals surface area (Å²) in [5.41, 5.74) is 7.82. The Hall–Kier alpha value is -1.88. The van der Waals surface area contributed by atoms with Crippen molar-refractivity contribution in [2.24, 2.45) is 0 Å². The van der Waals surface area contributed by atoms with E-state index in [-0.39, 0.29) is 6.61 Å². The van der Waals surface area contributed by atoms with Gasteiger partial charge in [0.25, 0.3) is 0 Å². The third-order valence-corrected chi connectivity index (χ3v) is 3.37. The highest BCUT2D eigenvalue weighted by Crippen LogP contribution is 2.17. The van der Waals surface area contributed by atoms with E-state index < -0.39 is 11.8 Å². The second-order valence-electron chi connectivity index (χ2n) is 4.38. The maximum atomic E-state index is 13.6. The second-order valence-corrected chi connectivity index (χ2v) is 5.30. The van der Waals surface area contributed by atoms with E-state index in [1.807, 2.05) is 0 Å². The standard InChI is InChI=1S/C15H13BrFNO2/c1-9-6-10(3-5-14(9)18)15(19)20-8-11-2-4-12(16)7-13(11)17/h2-7H,8,18H2,1H3. The van der Waals surface area contributed by atoms with Gasteiger partial charge in [0.2, 0.25) is 0 Å². The Labute approximate surface area is 124 Å². The van der Waals surface area contributed by atoms with Crippen LogP contribution in [0.25, 0.3) is 0 Å². The van der Waals surface area contributed by atoms with Crippen molar-refractivity contribution in [2.45, 2.75) is 13.5 Å². The van der Waals surface area contributed by atoms with E-state index in [0.29, 0.717) is 21.3 Å². The zero-order valence-corrected chi connectivity index (χ0v) is 12.4. The number of benzene rings is 2. The van der Waals surface area contributed by atoms with Crippen molar-refractivity contribution in [1.82, 2.24) is 0 Å². The van der Waals surface area contributed by atoms with Crippen molar-refractivity contribution >= 4 is 27.6 Å². The lowest BCUT2D eigenvalue weighted by molar-refractivity contribution is 0.0469. The zero-order valence-electron chi connectivity index (χ0n) is 10.8. The minimum atomic E-state index is -0.504. The molecule has 0 fully saturated rings. The minimum Gasteiger partial charge on any atom is -0.457 e. The molecule has 0 atom stereocenters. The Morgan fingerprint density at radius 2 is 2.05 bits per heavy atom. The normalized spacial score (nSPS) is 10.3. The van der Waals surface area contributed by atoms with Crippen LogP contribution in [0, 0.1) is 12.7 Å². The lowest BCUT2D eigenvalue weighted by Crippen LogP contribution is -2.07. The van der Waals surface area contributed by atoms with Gasteiger partial charge in [-0.15, -0.1) is 0 Å². The van der Waals surface area contributed by atoms with Crippen molar-refractivity contribution in [1.29, 1.82) is 0 Å². The predicted octanol–water partition coefficient (Wildman–Crippen LogP) is 3.84. The molecule has 0 saturated heterocycles. The van der Waals surface area contributed by atoms with Crippen molar-refractivity contribution in [2.75, 3.05) is 5.73 Å². The Kier molecular flexibility index (Phi) is 4.39. The molecule has 0 aromatic heterocycles. The summed E-state index contributed by atoms with van der Waals surface area (Å²) in [5.74, 6) is -0.920. The number of rotatable bonds is 3. The highest BCUT2D eigenvalue weighted by molar-refractivity contribution is 9.10. The van der Waals surface area contributed by atoms with Crippen LogP contribution in [0.15, 0.2) is 40.9 Å². The number of carbonyl (C=O) groups is 1. The summed E-state index contributed by atoms with van der Waals surface area (Å²) in [6.45, 7) is 1.70. The Bertz CT molecular complexity index is 658. The fraction of sp³-hybridized carbons (Fsp3) is 0.133. The van der Waals surface area contributed by atoms with Crippen LogP contribution in [0.1, 0.15) is 21.5 Å². The van der Waals surface area contributed by atoms with Crippen LogP contribution >= 0.6 is 15.9 Å². The van der Waals surface area contributed by atoms with Gasteiger partial charge in [-0.1, -0.05) is 22.0 Å². The first kappa shape index (κ1) is 14.5. The molecule has 2 aromatic rings. The molecule has 20 heavy (non-hydrogen) atoms. The SMILES string of the molecule is Cc1cc(C(=O)OCc2ccc(Br)cc2F)ccc1N. The molecule has 0 unspecified atom stereocenters. The summed E-state index contributed by atoms with van der Waals surface area (Å²) in [7, 11) is 0. The number of anilines is 1. The largest absolute Gasteiger partial charge is 0.457 e. The van der Waals surface area contributed by atoms with E-state index in [1.54, 1.807) is 37.3 Å². The number of carbonyl (C=O) groups excluding carboxylic acids is 1. The number of halogens is 2. The van der Waals surface area contributed by atoms with Gasteiger partial charge in [0, 0.05) is 15.7 Å². The first-order valence-corrected chi connectivity index (χ1v) is 6.74. The first-order chi connectivity index (χ1) is 9.47. The van der Waals surface area contributed by atoms with Crippen molar-refractivity contribution in [3.63, 3.8) is 0 Å². The topological polar surface area (TPSA) is 52.3 Å². The van der Waals surface area contributed by atoms with Crippen molar-refractivity contribution in [3.05, 3.63) is 63.4 Å². The average molecular weight is 338 g/mol. The van der Waals surface area contributed by atoms with Crippen molar-refractivity contribution in [3.8, 4) is 0 Å². The van der Waals surface area contributed by atoms with Crippen LogP contribution in [0.5, 0.6) is 0 Å². The molecule has 2 rings (SSSR count). The molecule has 0 heterocycles. The molecular formula is C15H13BrFNO2. The molecule has 2 aromatic carbocycles. The maximum Gasteiger partial charge on any atom is 0.338 e. The summed E-state index contributed by atoms with van der Waals surface area (Å²) in [6, 6.07) is 9.47. The van der Waals surface area contributed by atoms with Gasteiger partial charge in [-0.3, -0.25) is 0 Å². The second kappa shape index (κ2) is 6.05. The highest BCUT2D eigenvalue weighted by atomic mass is 79.9. The average Bonchev–Trinajstić information content (AvgIpc) is 2.40. The summed E-state index contributed by atoms with van der Waals surface area (Å²) in [5, 5.41) is 0. The van der Waals surface area contributed by atoms with Crippen LogP contribution < -0.4 is 5.73 Å². The molecule has 0 aliphatic carbocycles. The molecule has 0 aliphatic heterocycles. The molecule has 3 nitrogen and oxygen atoms in total. The molecular weight excluding hydrogens is 325 g/mol. The summed E-state index contributed by atoms with van der Waals surface area (Å²) in [4.78, 5) is 11.9. The first-order valence-electron chi connectivity index (χ1n) is 5.94. The fourth-order valence-electron chi connectivity index (χ4n) is 1.67. The van der Waals surface area contributed by atoms with E-state index in [4.69, 9.17) is 10.5 Å². The van der Waals surface area contributed by atoms with Crippen LogP contribution in [0.4, 0.5) is 10.1 Å². The number of esters is 1. The lowest BCUT2D eigenvalue weighted by Gasteiger charge is -2.07. The number of hydrogen-bond acceptors (Lipinski definition) is 3. The highest BCUT2D eigenvalue weighted by Gasteiger charge is 2.10. The van der Waals surface area contributed by atoms with Crippen LogP contribution in [0.2, 0.25) is 0 Å². The number of ether oxygens (including phenoxy) is 1. The Balaban J connectivity index is 2.06. The van der Waals surface area contributed by atoms with Gasteiger partial charge in [0.15, 0.2) is 0 Å². The van der Waals surface area contributed by atoms with E-state index in [9.17, 15) is 9.18 Å². The third-order valence-electron chi connectivity index (χ3n) is 2.88. The summed E-state index contributed by atoms with van der Waals surface area (Å²) >= 11 is 3.17. The van der Waals surface area contributed by atoms with Crippen LogP contribution in [0.3, 0.4) is 0 Å². The molecule has 0 amide bonds. The quantitative estimate of drug-likeness (QED) is 0.683. The third kappa shape index (κ3) is 3.36. The van der Waals surface area contributed by atoms with E-state index in [1.165, 1.54) is 6.07 Å². The Morgan fingerprint density at radius 1 is 1.30 bits per heavy atom.